The van der Waals surface area contributed by atoms with Crippen LogP contribution in [0.1, 0.15) is 11.1 Å². The summed E-state index contributed by atoms with van der Waals surface area (Å²) in [6, 6.07) is 11.5. The molecule has 0 aliphatic heterocycles. The summed E-state index contributed by atoms with van der Waals surface area (Å²) in [5.74, 6) is -0.235. The average molecular weight is 365 g/mol. The number of benzene rings is 1. The number of rotatable bonds is 6. The average Bonchev–Trinajstić information content (AvgIpc) is 3.14. The third-order valence-electron chi connectivity index (χ3n) is 3.82. The van der Waals surface area contributed by atoms with Crippen molar-refractivity contribution in [3.05, 3.63) is 72.6 Å². The van der Waals surface area contributed by atoms with Gasteiger partial charge in [-0.05, 0) is 53.7 Å². The van der Waals surface area contributed by atoms with Crippen LogP contribution in [0.2, 0.25) is 0 Å². The maximum Gasteiger partial charge on any atom is 0.247 e. The Morgan fingerprint density at radius 2 is 2.08 bits per heavy atom. The molecule has 0 radical (unpaired) electrons. The normalized spacial score (nSPS) is 10.3. The number of pyridine rings is 1. The smallest absolute Gasteiger partial charge is 0.247 e. The van der Waals surface area contributed by atoms with Crippen LogP contribution in [0, 0.1) is 0 Å². The van der Waals surface area contributed by atoms with Crippen molar-refractivity contribution in [1.82, 2.24) is 20.6 Å². The van der Waals surface area contributed by atoms with E-state index < -0.39 is 0 Å². The van der Waals surface area contributed by atoms with Crippen molar-refractivity contribution in [2.24, 2.45) is 0 Å². The van der Waals surface area contributed by atoms with Crippen LogP contribution in [0.15, 0.2) is 61.4 Å². The van der Waals surface area contributed by atoms with Crippen molar-refractivity contribution in [3.63, 3.8) is 0 Å². The number of thiocarbonyl (C=S) groups is 1. The molecule has 0 atom stereocenters. The molecular weight excluding hydrogens is 346 g/mol. The van der Waals surface area contributed by atoms with E-state index in [2.05, 4.69) is 32.5 Å². The van der Waals surface area contributed by atoms with Gasteiger partial charge in [0.2, 0.25) is 5.91 Å². The fourth-order valence-electron chi connectivity index (χ4n) is 2.54. The monoisotopic (exact) mass is 365 g/mol. The van der Waals surface area contributed by atoms with E-state index in [0.717, 1.165) is 27.8 Å². The van der Waals surface area contributed by atoms with Crippen LogP contribution in [0.5, 0.6) is 0 Å². The first-order valence-electron chi connectivity index (χ1n) is 8.11. The molecule has 132 valence electrons. The van der Waals surface area contributed by atoms with Crippen LogP contribution in [-0.2, 0) is 17.9 Å². The van der Waals surface area contributed by atoms with E-state index in [9.17, 15) is 4.79 Å². The zero-order valence-corrected chi connectivity index (χ0v) is 14.9. The van der Waals surface area contributed by atoms with E-state index in [-0.39, 0.29) is 5.91 Å². The number of aromatic amines is 1. The molecule has 0 saturated carbocycles. The molecule has 6 nitrogen and oxygen atoms in total. The number of carbonyl (C=O) groups is 1. The van der Waals surface area contributed by atoms with Gasteiger partial charge in [-0.2, -0.15) is 0 Å². The van der Waals surface area contributed by atoms with Gasteiger partial charge in [-0.3, -0.25) is 4.79 Å². The molecule has 1 aromatic carbocycles. The number of nitrogens with one attached hydrogen (secondary N) is 4. The van der Waals surface area contributed by atoms with Gasteiger partial charge >= 0.3 is 0 Å². The number of H-pyrrole nitrogens is 1. The zero-order chi connectivity index (χ0) is 18.4. The molecule has 0 saturated heterocycles. The van der Waals surface area contributed by atoms with Crippen molar-refractivity contribution in [2.45, 2.75) is 13.1 Å². The van der Waals surface area contributed by atoms with Gasteiger partial charge in [0.05, 0.1) is 0 Å². The standard InChI is InChI=1S/C19H19N5OS/c1-2-17(25)24-15-5-3-4-13(10-15)11-22-19(26)23-12-14-6-8-20-18-16(14)7-9-21-18/h2-10H,1,11-12H2,(H,20,21)(H,24,25)(H2,22,23,26). The Morgan fingerprint density at radius 1 is 1.23 bits per heavy atom. The summed E-state index contributed by atoms with van der Waals surface area (Å²) < 4.78 is 0. The van der Waals surface area contributed by atoms with E-state index >= 15 is 0 Å². The van der Waals surface area contributed by atoms with Crippen molar-refractivity contribution < 1.29 is 4.79 Å². The second kappa shape index (κ2) is 8.26. The molecular formula is C19H19N5OS. The fourth-order valence-corrected chi connectivity index (χ4v) is 2.69. The number of hydrogen-bond acceptors (Lipinski definition) is 3. The minimum atomic E-state index is -0.235. The van der Waals surface area contributed by atoms with E-state index in [4.69, 9.17) is 12.2 Å². The maximum atomic E-state index is 11.4. The highest BCUT2D eigenvalue weighted by Gasteiger charge is 2.04. The summed E-state index contributed by atoms with van der Waals surface area (Å²) in [6.45, 7) is 4.61. The first kappa shape index (κ1) is 17.6. The molecule has 2 aromatic heterocycles. The molecule has 0 fully saturated rings. The Kier molecular flexibility index (Phi) is 5.60. The summed E-state index contributed by atoms with van der Waals surface area (Å²) in [7, 11) is 0. The van der Waals surface area contributed by atoms with Gasteiger partial charge < -0.3 is 20.9 Å². The summed E-state index contributed by atoms with van der Waals surface area (Å²) in [6.07, 6.45) is 4.88. The summed E-state index contributed by atoms with van der Waals surface area (Å²) >= 11 is 5.35. The van der Waals surface area contributed by atoms with Crippen LogP contribution in [-0.4, -0.2) is 21.0 Å². The number of amides is 1. The van der Waals surface area contributed by atoms with Crippen molar-refractivity contribution in [2.75, 3.05) is 5.32 Å². The Hall–Kier alpha value is -3.19. The number of carbonyl (C=O) groups excluding carboxylic acids is 1. The third-order valence-corrected chi connectivity index (χ3v) is 4.11. The van der Waals surface area contributed by atoms with Crippen LogP contribution in [0.25, 0.3) is 11.0 Å². The second-order valence-corrected chi connectivity index (χ2v) is 6.05. The van der Waals surface area contributed by atoms with E-state index in [1.54, 1.807) is 6.20 Å². The SMILES string of the molecule is C=CC(=O)Nc1cccc(CNC(=S)NCc2ccnc3[nH]ccc23)c1. The van der Waals surface area contributed by atoms with Crippen LogP contribution < -0.4 is 16.0 Å². The Balaban J connectivity index is 1.53. The molecule has 0 spiro atoms. The van der Waals surface area contributed by atoms with Crippen LogP contribution in [0.4, 0.5) is 5.69 Å². The summed E-state index contributed by atoms with van der Waals surface area (Å²) in [5, 5.41) is 10.7. The number of aromatic nitrogens is 2. The molecule has 0 aliphatic carbocycles. The number of hydrogen-bond donors (Lipinski definition) is 4. The lowest BCUT2D eigenvalue weighted by atomic mass is 10.2. The van der Waals surface area contributed by atoms with Crippen molar-refractivity contribution >= 4 is 40.0 Å². The molecule has 0 aliphatic rings. The Labute approximate surface area is 156 Å². The summed E-state index contributed by atoms with van der Waals surface area (Å²) in [5.41, 5.74) is 3.71. The van der Waals surface area contributed by atoms with Gasteiger partial charge in [0.1, 0.15) is 5.65 Å². The molecule has 4 N–H and O–H groups in total. The number of fused-ring (bicyclic) bond motifs is 1. The first-order chi connectivity index (χ1) is 12.7. The van der Waals surface area contributed by atoms with E-state index in [0.29, 0.717) is 18.2 Å². The lowest BCUT2D eigenvalue weighted by Crippen LogP contribution is -2.34. The molecule has 3 rings (SSSR count). The minimum Gasteiger partial charge on any atom is -0.359 e. The quantitative estimate of drug-likeness (QED) is 0.399. The van der Waals surface area contributed by atoms with Gasteiger partial charge in [0, 0.05) is 36.6 Å². The van der Waals surface area contributed by atoms with Gasteiger partial charge in [-0.15, -0.1) is 0 Å². The molecule has 2 heterocycles. The largest absolute Gasteiger partial charge is 0.359 e. The van der Waals surface area contributed by atoms with Crippen molar-refractivity contribution in [3.8, 4) is 0 Å². The van der Waals surface area contributed by atoms with Gasteiger partial charge in [0.25, 0.3) is 0 Å². The predicted molar refractivity (Wildman–Crippen MR) is 108 cm³/mol. The summed E-state index contributed by atoms with van der Waals surface area (Å²) in [4.78, 5) is 18.7. The molecule has 3 aromatic rings. The van der Waals surface area contributed by atoms with E-state index in [1.165, 1.54) is 6.08 Å². The number of nitrogens with zero attached hydrogens (tertiary/aromatic N) is 1. The lowest BCUT2D eigenvalue weighted by Gasteiger charge is -2.12. The predicted octanol–water partition coefficient (Wildman–Crippen LogP) is 2.85. The zero-order valence-electron chi connectivity index (χ0n) is 14.1. The molecule has 1 amide bonds. The topological polar surface area (TPSA) is 81.8 Å². The molecule has 0 bridgehead atoms. The molecule has 7 heteroatoms. The third kappa shape index (κ3) is 4.46. The molecule has 0 unspecified atom stereocenters. The highest BCUT2D eigenvalue weighted by molar-refractivity contribution is 7.80. The highest BCUT2D eigenvalue weighted by atomic mass is 32.1. The Morgan fingerprint density at radius 3 is 2.92 bits per heavy atom. The van der Waals surface area contributed by atoms with E-state index in [1.807, 2.05) is 42.6 Å². The Bertz CT molecular complexity index is 950. The van der Waals surface area contributed by atoms with Gasteiger partial charge in [-0.25, -0.2) is 4.98 Å². The first-order valence-corrected chi connectivity index (χ1v) is 8.51. The second-order valence-electron chi connectivity index (χ2n) is 5.64. The van der Waals surface area contributed by atoms with Crippen LogP contribution in [0.3, 0.4) is 0 Å². The van der Waals surface area contributed by atoms with Gasteiger partial charge in [0.15, 0.2) is 5.11 Å². The number of anilines is 1. The highest BCUT2D eigenvalue weighted by Crippen LogP contribution is 2.14. The fraction of sp³-hybridized carbons (Fsp3) is 0.105. The minimum absolute atomic E-state index is 0.235. The maximum absolute atomic E-state index is 11.4. The van der Waals surface area contributed by atoms with Crippen molar-refractivity contribution in [1.29, 1.82) is 0 Å². The van der Waals surface area contributed by atoms with Gasteiger partial charge in [-0.1, -0.05) is 18.7 Å². The molecule has 26 heavy (non-hydrogen) atoms. The lowest BCUT2D eigenvalue weighted by molar-refractivity contribution is -0.111. The van der Waals surface area contributed by atoms with Crippen LogP contribution >= 0.6 is 12.2 Å².